The van der Waals surface area contributed by atoms with E-state index in [-0.39, 0.29) is 36.7 Å². The number of halogens is 1. The van der Waals surface area contributed by atoms with Crippen LogP contribution in [0.25, 0.3) is 0 Å². The summed E-state index contributed by atoms with van der Waals surface area (Å²) in [5.41, 5.74) is -2.36. The molecule has 0 spiro atoms. The number of aromatic nitrogens is 3. The van der Waals surface area contributed by atoms with Crippen LogP contribution in [0.2, 0.25) is 0 Å². The van der Waals surface area contributed by atoms with Crippen molar-refractivity contribution in [1.82, 2.24) is 24.8 Å². The van der Waals surface area contributed by atoms with Gasteiger partial charge in [-0.15, -0.1) is 5.10 Å². The highest BCUT2D eigenvalue weighted by atomic mass is 32.2. The highest BCUT2D eigenvalue weighted by Crippen LogP contribution is 2.45. The van der Waals surface area contributed by atoms with Gasteiger partial charge in [0.25, 0.3) is 0 Å². The lowest BCUT2D eigenvalue weighted by molar-refractivity contribution is -0.302. The van der Waals surface area contributed by atoms with Crippen molar-refractivity contribution in [2.75, 3.05) is 77.6 Å². The Bertz CT molecular complexity index is 2300. The third-order valence-corrected chi connectivity index (χ3v) is 19.4. The van der Waals surface area contributed by atoms with Crippen molar-refractivity contribution in [3.63, 3.8) is 0 Å². The topological polar surface area (TPSA) is 248 Å². The number of alkyl halides is 1. The fraction of sp³-hybridized carbons (Fsp3) is 0.836. The van der Waals surface area contributed by atoms with Crippen molar-refractivity contribution in [2.24, 2.45) is 23.7 Å². The molecule has 0 radical (unpaired) electrons. The maximum absolute atomic E-state index is 15.0. The van der Waals surface area contributed by atoms with E-state index in [1.165, 1.54) is 25.8 Å². The summed E-state index contributed by atoms with van der Waals surface area (Å²) in [6.45, 7) is 18.6. The maximum Gasteiger partial charge on any atom is 0.309 e. The first-order chi connectivity index (χ1) is 36.0. The molecule has 0 aliphatic carbocycles. The molecule has 20 atom stereocenters. The molecule has 1 aromatic heterocycles. The third-order valence-electron chi connectivity index (χ3n) is 17.8. The van der Waals surface area contributed by atoms with Crippen molar-refractivity contribution in [3.8, 4) is 0 Å². The van der Waals surface area contributed by atoms with Crippen LogP contribution in [0, 0.1) is 23.7 Å². The van der Waals surface area contributed by atoms with Crippen LogP contribution in [0.15, 0.2) is 30.5 Å². The van der Waals surface area contributed by atoms with Gasteiger partial charge in [0.15, 0.2) is 16.1 Å². The standard InChI is InChI=1S/C55H93FN6O14S/c1-15-44-55(10,68)48(64)36(6)60(12)30-32(2)27-53(8,67)50(34(4)45(35(5)51(66)75-44)43-28-54(9,72-14)49(65)37(7)74-43)76-52-46(63)41(26-33(3)73-52)59(11)21-20-39-31-62(58-57-39)42(29-56)47(71-13)38-16-18-40(19-17-38)61-22-24-77(69,70)25-23-61/h16-19,31-37,41-50,52,63-65,67-68H,15,20-30H2,1-14H3/t32-,33-,34+,35-,36-,37+,41+,42-,43-,44-,45?,46-,47-,48-,49+,50-,52+,53-,54-,55-/m1/s1. The number of benzene rings is 1. The molecule has 4 aliphatic heterocycles. The van der Waals surface area contributed by atoms with Crippen LogP contribution in [0.3, 0.4) is 0 Å². The summed E-state index contributed by atoms with van der Waals surface area (Å²) in [4.78, 5) is 20.6. The van der Waals surface area contributed by atoms with Crippen LogP contribution < -0.4 is 4.90 Å². The predicted octanol–water partition coefficient (Wildman–Crippen LogP) is 3.51. The smallest absolute Gasteiger partial charge is 0.309 e. The van der Waals surface area contributed by atoms with Crippen molar-refractivity contribution in [1.29, 1.82) is 0 Å². The van der Waals surface area contributed by atoms with Crippen LogP contribution in [0.1, 0.15) is 118 Å². The SMILES string of the molecule is CC[C@H]1OC(=O)[C@H](C)C([C@H]2C[C@@](C)(OC)[C@@H](O)[C@H](C)O2)[C@H](C)[C@@H](O[C@@H]2O[C@H](C)C[C@H](N(C)CCc3cn([C@H](CF)[C@H](OC)c4ccc(N5CCS(=O)(=O)CC5)cc4)nn3)[C@H]2O)[C@](C)(O)C[C@@H](C)CN(C)[C@H](C)[C@@H](O)[C@]1(C)O. The molecule has 20 nitrogen and oxygen atoms in total. The van der Waals surface area contributed by atoms with Crippen molar-refractivity contribution in [2.45, 2.75) is 197 Å². The molecule has 440 valence electrons. The van der Waals surface area contributed by atoms with E-state index < -0.39 is 136 Å². The van der Waals surface area contributed by atoms with Crippen molar-refractivity contribution >= 4 is 21.5 Å². The van der Waals surface area contributed by atoms with Gasteiger partial charge < -0.3 is 68.7 Å². The summed E-state index contributed by atoms with van der Waals surface area (Å²) >= 11 is 0. The Balaban J connectivity index is 1.25. The van der Waals surface area contributed by atoms with Gasteiger partial charge in [0.2, 0.25) is 0 Å². The molecule has 6 rings (SSSR count). The highest BCUT2D eigenvalue weighted by molar-refractivity contribution is 7.91. The molecule has 0 bridgehead atoms. The summed E-state index contributed by atoms with van der Waals surface area (Å²) in [5, 5.41) is 69.0. The molecule has 1 unspecified atom stereocenters. The van der Waals surface area contributed by atoms with E-state index in [9.17, 15) is 43.1 Å². The normalized spacial score (nSPS) is 40.1. The maximum atomic E-state index is 15.0. The average molecular weight is 1110 g/mol. The lowest BCUT2D eigenvalue weighted by Gasteiger charge is -2.51. The number of anilines is 1. The number of esters is 1. The number of likely N-dealkylation sites (N-methyl/N-ethyl adjacent to an activating group) is 2. The van der Waals surface area contributed by atoms with Gasteiger partial charge in [0, 0.05) is 83.1 Å². The Morgan fingerprint density at radius 2 is 1.61 bits per heavy atom. The van der Waals surface area contributed by atoms with Gasteiger partial charge >= 0.3 is 5.97 Å². The second kappa shape index (κ2) is 25.9. The quantitative estimate of drug-likeness (QED) is 0.160. The van der Waals surface area contributed by atoms with E-state index in [0.717, 1.165) is 11.3 Å². The lowest BCUT2D eigenvalue weighted by Crippen LogP contribution is -2.62. The van der Waals surface area contributed by atoms with Gasteiger partial charge in [-0.25, -0.2) is 17.5 Å². The van der Waals surface area contributed by atoms with E-state index in [4.69, 9.17) is 28.4 Å². The number of hydrogen-bond acceptors (Lipinski definition) is 19. The highest BCUT2D eigenvalue weighted by Gasteiger charge is 2.55. The van der Waals surface area contributed by atoms with Crippen molar-refractivity contribution < 1.29 is 71.6 Å². The molecule has 4 saturated heterocycles. The number of carbonyl (C=O) groups excluding carboxylic acids is 1. The van der Waals surface area contributed by atoms with Gasteiger partial charge in [-0.3, -0.25) is 4.79 Å². The Hall–Kier alpha value is -2.97. The zero-order valence-corrected chi connectivity index (χ0v) is 48.9. The number of hydrogen-bond donors (Lipinski definition) is 5. The van der Waals surface area contributed by atoms with E-state index >= 15 is 0 Å². The van der Waals surface area contributed by atoms with Gasteiger partial charge in [0.05, 0.1) is 58.7 Å². The van der Waals surface area contributed by atoms with Crippen LogP contribution in [0.5, 0.6) is 0 Å². The Morgan fingerprint density at radius 1 is 0.961 bits per heavy atom. The van der Waals surface area contributed by atoms with Crippen molar-refractivity contribution in [3.05, 3.63) is 41.7 Å². The average Bonchev–Trinajstić information content (AvgIpc) is 3.85. The minimum Gasteiger partial charge on any atom is -0.459 e. The van der Waals surface area contributed by atoms with Crippen LogP contribution in [-0.2, 0) is 49.5 Å². The second-order valence-corrected chi connectivity index (χ2v) is 26.1. The number of aliphatic hydroxyl groups excluding tert-OH is 3. The molecule has 5 N–H and O–H groups in total. The number of ether oxygens (including phenoxy) is 6. The van der Waals surface area contributed by atoms with E-state index in [1.54, 1.807) is 47.7 Å². The Morgan fingerprint density at radius 3 is 2.21 bits per heavy atom. The van der Waals surface area contributed by atoms with E-state index in [2.05, 4.69) is 10.3 Å². The minimum atomic E-state index is -3.04. The van der Waals surface area contributed by atoms with Gasteiger partial charge in [-0.2, -0.15) is 0 Å². The third kappa shape index (κ3) is 14.4. The Labute approximate surface area is 456 Å². The first kappa shape index (κ1) is 63.2. The molecule has 77 heavy (non-hydrogen) atoms. The number of sulfone groups is 1. The van der Waals surface area contributed by atoms with Crippen LogP contribution in [-0.4, -0.2) is 221 Å². The van der Waals surface area contributed by atoms with Crippen LogP contribution >= 0.6 is 0 Å². The minimum absolute atomic E-state index is 0.0958. The monoisotopic (exact) mass is 1110 g/mol. The molecule has 0 saturated carbocycles. The predicted molar refractivity (Wildman–Crippen MR) is 288 cm³/mol. The van der Waals surface area contributed by atoms with Crippen LogP contribution in [0.4, 0.5) is 10.1 Å². The number of carbonyl (C=O) groups is 1. The fourth-order valence-electron chi connectivity index (χ4n) is 12.9. The number of nitrogens with zero attached hydrogens (tertiary/aromatic N) is 6. The fourth-order valence-corrected chi connectivity index (χ4v) is 14.1. The number of aliphatic hydroxyl groups is 5. The number of rotatable bonds is 15. The summed E-state index contributed by atoms with van der Waals surface area (Å²) in [6, 6.07) is 5.58. The molecular weight excluding hydrogens is 1020 g/mol. The second-order valence-electron chi connectivity index (χ2n) is 23.8. The lowest BCUT2D eigenvalue weighted by atomic mass is 9.68. The van der Waals surface area contributed by atoms with E-state index in [1.807, 2.05) is 73.8 Å². The summed E-state index contributed by atoms with van der Waals surface area (Å²) in [6.07, 6.45) is -6.50. The molecule has 0 amide bonds. The van der Waals surface area contributed by atoms with Gasteiger partial charge in [-0.05, 0) is 104 Å². The molecule has 2 aromatic rings. The first-order valence-electron chi connectivity index (χ1n) is 27.7. The molecular formula is C55H93FN6O14S. The zero-order valence-electron chi connectivity index (χ0n) is 48.1. The number of methoxy groups -OCH3 is 2. The molecule has 1 aromatic carbocycles. The summed E-state index contributed by atoms with van der Waals surface area (Å²) in [5.74, 6) is -3.12. The van der Waals surface area contributed by atoms with Gasteiger partial charge in [0.1, 0.15) is 48.8 Å². The molecule has 4 aliphatic rings. The largest absolute Gasteiger partial charge is 0.459 e. The van der Waals surface area contributed by atoms with Gasteiger partial charge in [-0.1, -0.05) is 45.0 Å². The Kier molecular flexibility index (Phi) is 21.2. The molecule has 22 heteroatoms. The zero-order chi connectivity index (χ0) is 57.1. The summed E-state index contributed by atoms with van der Waals surface area (Å²) in [7, 11) is 3.71. The summed E-state index contributed by atoms with van der Waals surface area (Å²) < 4.78 is 78.5. The first-order valence-corrected chi connectivity index (χ1v) is 29.5. The number of cyclic esters (lactones) is 1. The van der Waals surface area contributed by atoms with E-state index in [0.29, 0.717) is 44.7 Å². The molecule has 4 fully saturated rings. The molecule has 5 heterocycles.